The summed E-state index contributed by atoms with van der Waals surface area (Å²) in [7, 11) is 1.99. The lowest BCUT2D eigenvalue weighted by molar-refractivity contribution is 0.0800. The van der Waals surface area contributed by atoms with Crippen LogP contribution in [0.4, 0.5) is 0 Å². The van der Waals surface area contributed by atoms with Crippen LogP contribution in [0.3, 0.4) is 0 Å². The van der Waals surface area contributed by atoms with Gasteiger partial charge in [0.15, 0.2) is 6.10 Å². The third-order valence-electron chi connectivity index (χ3n) is 4.48. The molecule has 1 N–H and O–H groups in total. The van der Waals surface area contributed by atoms with Crippen LogP contribution in [0.25, 0.3) is 0 Å². The van der Waals surface area contributed by atoms with E-state index in [4.69, 9.17) is 4.74 Å². The first kappa shape index (κ1) is 18.1. The number of hydrogen-bond acceptors (Lipinski definition) is 4. The van der Waals surface area contributed by atoms with E-state index in [0.29, 0.717) is 30.0 Å². The molecule has 0 aliphatic carbocycles. The van der Waals surface area contributed by atoms with Crippen molar-refractivity contribution in [2.24, 2.45) is 0 Å². The summed E-state index contributed by atoms with van der Waals surface area (Å²) in [5.41, 5.74) is 1.36. The van der Waals surface area contributed by atoms with Crippen molar-refractivity contribution in [3.8, 4) is 5.75 Å². The van der Waals surface area contributed by atoms with Gasteiger partial charge in [-0.05, 0) is 50.7 Å². The fraction of sp³-hybridized carbons (Fsp3) is 0.333. The van der Waals surface area contributed by atoms with Crippen LogP contribution in [0, 0.1) is 0 Å². The Labute approximate surface area is 154 Å². The van der Waals surface area contributed by atoms with Crippen molar-refractivity contribution in [2.75, 3.05) is 26.7 Å². The highest BCUT2D eigenvalue weighted by molar-refractivity contribution is 6.04. The van der Waals surface area contributed by atoms with Crippen molar-refractivity contribution in [1.82, 2.24) is 10.2 Å². The number of carbonyl (C=O) groups excluding carboxylic acids is 2. The highest BCUT2D eigenvalue weighted by atomic mass is 16.5. The molecule has 1 amide bonds. The van der Waals surface area contributed by atoms with Crippen LogP contribution in [0.5, 0.6) is 5.75 Å². The number of nitrogens with zero attached hydrogens (tertiary/aromatic N) is 1. The Morgan fingerprint density at radius 3 is 2.58 bits per heavy atom. The lowest BCUT2D eigenvalue weighted by Gasteiger charge is -2.19. The van der Waals surface area contributed by atoms with E-state index in [1.807, 2.05) is 49.5 Å². The summed E-state index contributed by atoms with van der Waals surface area (Å²) in [4.78, 5) is 26.4. The molecule has 0 radical (unpaired) electrons. The summed E-state index contributed by atoms with van der Waals surface area (Å²) >= 11 is 0. The molecule has 2 aromatic rings. The normalized spacial score (nSPS) is 15.6. The van der Waals surface area contributed by atoms with Crippen LogP contribution in [-0.4, -0.2) is 49.4 Å². The van der Waals surface area contributed by atoms with Crippen LogP contribution in [0.15, 0.2) is 54.6 Å². The van der Waals surface area contributed by atoms with Crippen LogP contribution in [0.1, 0.15) is 33.6 Å². The molecular weight excluding hydrogens is 328 g/mol. The van der Waals surface area contributed by atoms with E-state index in [2.05, 4.69) is 10.2 Å². The minimum absolute atomic E-state index is 0.0401. The quantitative estimate of drug-likeness (QED) is 0.742. The van der Waals surface area contributed by atoms with Crippen molar-refractivity contribution in [3.05, 3.63) is 65.7 Å². The van der Waals surface area contributed by atoms with Gasteiger partial charge in [0.25, 0.3) is 5.91 Å². The van der Waals surface area contributed by atoms with Gasteiger partial charge in [-0.25, -0.2) is 0 Å². The largest absolute Gasteiger partial charge is 0.480 e. The molecule has 0 saturated heterocycles. The Morgan fingerprint density at radius 2 is 1.81 bits per heavy atom. The molecule has 136 valence electrons. The first-order valence-electron chi connectivity index (χ1n) is 8.97. The lowest BCUT2D eigenvalue weighted by atomic mass is 10.1. The molecule has 1 unspecified atom stereocenters. The third-order valence-corrected chi connectivity index (χ3v) is 4.48. The summed E-state index contributed by atoms with van der Waals surface area (Å²) in [6.07, 6.45) is 1.41. The number of ether oxygens (including phenoxy) is 1. The second kappa shape index (κ2) is 8.63. The molecule has 1 aliphatic rings. The van der Waals surface area contributed by atoms with Crippen molar-refractivity contribution in [3.63, 3.8) is 0 Å². The van der Waals surface area contributed by atoms with E-state index >= 15 is 0 Å². The van der Waals surface area contributed by atoms with Gasteiger partial charge in [-0.2, -0.15) is 0 Å². The fourth-order valence-electron chi connectivity index (χ4n) is 3.05. The highest BCUT2D eigenvalue weighted by Crippen LogP contribution is 2.28. The van der Waals surface area contributed by atoms with Crippen LogP contribution in [-0.2, 0) is 0 Å². The molecule has 5 heteroatoms. The number of likely N-dealkylation sites (N-methyl/N-ethyl adjacent to an activating group) is 1. The number of carbonyl (C=O) groups is 2. The molecule has 0 bridgehead atoms. The first-order valence-corrected chi connectivity index (χ1v) is 8.97. The number of ketones is 1. The third kappa shape index (κ3) is 4.49. The fourth-order valence-corrected chi connectivity index (χ4v) is 3.05. The average Bonchev–Trinajstić information content (AvgIpc) is 2.98. The molecule has 3 rings (SSSR count). The van der Waals surface area contributed by atoms with Crippen molar-refractivity contribution in [2.45, 2.75) is 18.9 Å². The first-order chi connectivity index (χ1) is 12.6. The summed E-state index contributed by atoms with van der Waals surface area (Å²) in [5, 5.41) is 2.93. The second-order valence-corrected chi connectivity index (χ2v) is 6.56. The number of Topliss-reactive ketones (excluding diaryl/α,β-unsaturated/α-hetero) is 1. The maximum Gasteiger partial charge on any atom is 0.251 e. The minimum Gasteiger partial charge on any atom is -0.480 e. The summed E-state index contributed by atoms with van der Waals surface area (Å²) in [6, 6.07) is 16.6. The van der Waals surface area contributed by atoms with Crippen LogP contribution >= 0.6 is 0 Å². The molecule has 0 saturated carbocycles. The highest BCUT2D eigenvalue weighted by Gasteiger charge is 2.32. The van der Waals surface area contributed by atoms with Gasteiger partial charge in [-0.15, -0.1) is 0 Å². The maximum atomic E-state index is 12.3. The topological polar surface area (TPSA) is 58.6 Å². The van der Waals surface area contributed by atoms with E-state index < -0.39 is 6.10 Å². The number of nitrogens with one attached hydrogen (secondary N) is 1. The SMILES string of the molecule is CN(CCCCNC(=O)c1ccccc1)CC1Oc2ccccc2C1=O. The van der Waals surface area contributed by atoms with E-state index in [1.165, 1.54) is 0 Å². The maximum absolute atomic E-state index is 12.3. The smallest absolute Gasteiger partial charge is 0.251 e. The number of para-hydroxylation sites is 1. The van der Waals surface area contributed by atoms with Crippen molar-refractivity contribution in [1.29, 1.82) is 0 Å². The monoisotopic (exact) mass is 352 g/mol. The predicted octanol–water partition coefficient (Wildman–Crippen LogP) is 2.77. The number of unbranched alkanes of at least 4 members (excludes halogenated alkanes) is 1. The van der Waals surface area contributed by atoms with Gasteiger partial charge in [0.05, 0.1) is 5.56 Å². The molecule has 5 nitrogen and oxygen atoms in total. The van der Waals surface area contributed by atoms with E-state index in [9.17, 15) is 9.59 Å². The molecule has 1 atom stereocenters. The number of fused-ring (bicyclic) bond motifs is 1. The van der Waals surface area contributed by atoms with Gasteiger partial charge in [0.2, 0.25) is 5.78 Å². The van der Waals surface area contributed by atoms with E-state index in [-0.39, 0.29) is 11.7 Å². The number of rotatable bonds is 8. The molecule has 1 heterocycles. The number of hydrogen-bond donors (Lipinski definition) is 1. The zero-order valence-corrected chi connectivity index (χ0v) is 15.0. The van der Waals surface area contributed by atoms with Gasteiger partial charge < -0.3 is 15.0 Å². The molecule has 1 aliphatic heterocycles. The van der Waals surface area contributed by atoms with Gasteiger partial charge in [-0.3, -0.25) is 9.59 Å². The van der Waals surface area contributed by atoms with Gasteiger partial charge in [0.1, 0.15) is 5.75 Å². The molecule has 0 fully saturated rings. The van der Waals surface area contributed by atoms with E-state index in [1.54, 1.807) is 12.1 Å². The Kier molecular flexibility index (Phi) is 6.02. The Bertz CT molecular complexity index is 761. The van der Waals surface area contributed by atoms with Crippen molar-refractivity contribution >= 4 is 11.7 Å². The molecule has 0 spiro atoms. The molecule has 2 aromatic carbocycles. The molecule has 0 aromatic heterocycles. The minimum atomic E-state index is -0.421. The average molecular weight is 352 g/mol. The van der Waals surface area contributed by atoms with Crippen LogP contribution < -0.4 is 10.1 Å². The van der Waals surface area contributed by atoms with E-state index in [0.717, 1.165) is 19.4 Å². The number of amides is 1. The molecule has 26 heavy (non-hydrogen) atoms. The summed E-state index contributed by atoms with van der Waals surface area (Å²) < 4.78 is 5.75. The standard InChI is InChI=1S/C21H24N2O3/c1-23(15-19-20(24)17-11-5-6-12-18(17)26-19)14-8-7-13-22-21(25)16-9-3-2-4-10-16/h2-6,9-12,19H,7-8,13-15H2,1H3,(H,22,25). The zero-order valence-electron chi connectivity index (χ0n) is 15.0. The van der Waals surface area contributed by atoms with Crippen molar-refractivity contribution < 1.29 is 14.3 Å². The molecular formula is C21H24N2O3. The lowest BCUT2D eigenvalue weighted by Crippen LogP contribution is -2.36. The second-order valence-electron chi connectivity index (χ2n) is 6.56. The van der Waals surface area contributed by atoms with Gasteiger partial charge >= 0.3 is 0 Å². The Hall–Kier alpha value is -2.66. The zero-order chi connectivity index (χ0) is 18.4. The summed E-state index contributed by atoms with van der Waals surface area (Å²) in [6.45, 7) is 2.07. The Balaban J connectivity index is 1.33. The van der Waals surface area contributed by atoms with Gasteiger partial charge in [-0.1, -0.05) is 30.3 Å². The summed E-state index contributed by atoms with van der Waals surface area (Å²) in [5.74, 6) is 0.698. The predicted molar refractivity (Wildman–Crippen MR) is 101 cm³/mol. The number of benzene rings is 2. The van der Waals surface area contributed by atoms with Crippen LogP contribution in [0.2, 0.25) is 0 Å². The Morgan fingerprint density at radius 1 is 1.08 bits per heavy atom. The van der Waals surface area contributed by atoms with Gasteiger partial charge in [0, 0.05) is 18.7 Å².